The van der Waals surface area contributed by atoms with Gasteiger partial charge in [0.15, 0.2) is 5.76 Å². The van der Waals surface area contributed by atoms with Crippen molar-refractivity contribution >= 4 is 23.3 Å². The van der Waals surface area contributed by atoms with Crippen LogP contribution >= 0.6 is 0 Å². The quantitative estimate of drug-likeness (QED) is 0.721. The minimum atomic E-state index is -0.331. The average molecular weight is 401 g/mol. The van der Waals surface area contributed by atoms with Gasteiger partial charge < -0.3 is 19.5 Å². The molecule has 1 saturated heterocycles. The number of hydrogen-bond donors (Lipinski definition) is 1. The Morgan fingerprint density at radius 3 is 2.57 bits per heavy atom. The highest BCUT2D eigenvalue weighted by molar-refractivity contribution is 6.02. The van der Waals surface area contributed by atoms with Crippen LogP contribution in [0, 0.1) is 11.3 Å². The Labute approximate surface area is 173 Å². The van der Waals surface area contributed by atoms with E-state index in [0.717, 1.165) is 5.82 Å². The van der Waals surface area contributed by atoms with E-state index in [-0.39, 0.29) is 17.6 Å². The van der Waals surface area contributed by atoms with Crippen LogP contribution in [0.3, 0.4) is 0 Å². The molecule has 1 aliphatic heterocycles. The molecule has 2 amide bonds. The molecule has 1 fully saturated rings. The maximum absolute atomic E-state index is 12.7. The predicted molar refractivity (Wildman–Crippen MR) is 110 cm³/mol. The molecular weight excluding hydrogens is 382 g/mol. The van der Waals surface area contributed by atoms with Crippen LogP contribution in [0.5, 0.6) is 0 Å². The highest BCUT2D eigenvalue weighted by atomic mass is 16.3. The minimum Gasteiger partial charge on any atom is -0.459 e. The van der Waals surface area contributed by atoms with Gasteiger partial charge >= 0.3 is 0 Å². The molecule has 3 heterocycles. The van der Waals surface area contributed by atoms with Crippen molar-refractivity contribution < 1.29 is 14.0 Å². The van der Waals surface area contributed by atoms with Crippen molar-refractivity contribution in [2.75, 3.05) is 36.4 Å². The molecule has 1 aromatic carbocycles. The van der Waals surface area contributed by atoms with Gasteiger partial charge in [0, 0.05) is 31.7 Å². The molecule has 0 aliphatic carbocycles. The molecule has 0 unspecified atom stereocenters. The van der Waals surface area contributed by atoms with Gasteiger partial charge in [-0.25, -0.2) is 4.98 Å². The number of hydrogen-bond acceptors (Lipinski definition) is 6. The maximum atomic E-state index is 12.7. The van der Waals surface area contributed by atoms with Gasteiger partial charge in [-0.1, -0.05) is 6.07 Å². The number of amides is 2. The predicted octanol–water partition coefficient (Wildman–Crippen LogP) is 2.76. The zero-order valence-electron chi connectivity index (χ0n) is 16.1. The lowest BCUT2D eigenvalue weighted by molar-refractivity contribution is 0.0746. The van der Waals surface area contributed by atoms with Crippen LogP contribution in [-0.4, -0.2) is 47.9 Å². The van der Waals surface area contributed by atoms with E-state index in [9.17, 15) is 9.59 Å². The van der Waals surface area contributed by atoms with Crippen molar-refractivity contribution in [1.29, 1.82) is 5.26 Å². The average Bonchev–Trinajstić information content (AvgIpc) is 3.34. The molecule has 0 saturated carbocycles. The Bertz CT molecular complexity index is 1080. The number of carbonyl (C=O) groups excluding carboxylic acids is 2. The number of aromatic nitrogens is 1. The molecule has 2 aromatic heterocycles. The normalized spacial score (nSPS) is 13.6. The van der Waals surface area contributed by atoms with Gasteiger partial charge in [-0.15, -0.1) is 0 Å². The summed E-state index contributed by atoms with van der Waals surface area (Å²) in [4.78, 5) is 33.0. The summed E-state index contributed by atoms with van der Waals surface area (Å²) in [6, 6.07) is 15.7. The number of nitrogens with one attached hydrogen (secondary N) is 1. The molecule has 1 aliphatic rings. The van der Waals surface area contributed by atoms with E-state index in [1.807, 2.05) is 6.07 Å². The number of anilines is 2. The number of rotatable bonds is 4. The van der Waals surface area contributed by atoms with E-state index in [2.05, 4.69) is 21.3 Å². The van der Waals surface area contributed by atoms with Crippen LogP contribution < -0.4 is 10.2 Å². The third-order valence-corrected chi connectivity index (χ3v) is 4.88. The molecule has 0 bridgehead atoms. The van der Waals surface area contributed by atoms with Crippen LogP contribution in [0.4, 0.5) is 11.5 Å². The largest absolute Gasteiger partial charge is 0.459 e. The van der Waals surface area contributed by atoms with Crippen molar-refractivity contribution in [1.82, 2.24) is 9.88 Å². The van der Waals surface area contributed by atoms with Crippen LogP contribution in [0.2, 0.25) is 0 Å². The van der Waals surface area contributed by atoms with Crippen LogP contribution in [0.15, 0.2) is 65.4 Å². The van der Waals surface area contributed by atoms with Gasteiger partial charge in [-0.05, 0) is 42.5 Å². The third-order valence-electron chi connectivity index (χ3n) is 4.88. The topological polar surface area (TPSA) is 102 Å². The van der Waals surface area contributed by atoms with Crippen molar-refractivity contribution in [3.05, 3.63) is 77.9 Å². The molecule has 150 valence electrons. The number of nitrogens with zero attached hydrogens (tertiary/aromatic N) is 4. The highest BCUT2D eigenvalue weighted by Crippen LogP contribution is 2.18. The summed E-state index contributed by atoms with van der Waals surface area (Å²) in [6.07, 6.45) is 3.04. The first-order valence-corrected chi connectivity index (χ1v) is 9.49. The van der Waals surface area contributed by atoms with Gasteiger partial charge in [-0.3, -0.25) is 9.59 Å². The van der Waals surface area contributed by atoms with E-state index in [4.69, 9.17) is 9.68 Å². The van der Waals surface area contributed by atoms with Crippen LogP contribution in [-0.2, 0) is 0 Å². The fourth-order valence-corrected chi connectivity index (χ4v) is 3.29. The van der Waals surface area contributed by atoms with E-state index < -0.39 is 0 Å². The number of carbonyl (C=O) groups is 2. The molecule has 0 radical (unpaired) electrons. The van der Waals surface area contributed by atoms with Gasteiger partial charge in [0.25, 0.3) is 11.8 Å². The maximum Gasteiger partial charge on any atom is 0.291 e. The molecule has 30 heavy (non-hydrogen) atoms. The second-order valence-corrected chi connectivity index (χ2v) is 6.81. The summed E-state index contributed by atoms with van der Waals surface area (Å²) >= 11 is 0. The van der Waals surface area contributed by atoms with Crippen molar-refractivity contribution in [3.8, 4) is 6.07 Å². The van der Waals surface area contributed by atoms with Gasteiger partial charge in [0.2, 0.25) is 0 Å². The summed E-state index contributed by atoms with van der Waals surface area (Å²) < 4.78 is 5.07. The smallest absolute Gasteiger partial charge is 0.291 e. The molecule has 8 heteroatoms. The highest BCUT2D eigenvalue weighted by Gasteiger charge is 2.23. The second-order valence-electron chi connectivity index (χ2n) is 6.81. The van der Waals surface area contributed by atoms with E-state index in [1.54, 1.807) is 53.6 Å². The number of nitriles is 1. The number of pyridine rings is 1. The van der Waals surface area contributed by atoms with E-state index >= 15 is 0 Å². The SMILES string of the molecule is N#Cc1cccc(C(=O)N2CCN(c3ccc(NC(=O)c4ccco4)cn3)CC2)c1. The number of piperazine rings is 1. The van der Waals surface area contributed by atoms with Gasteiger partial charge in [0.05, 0.1) is 29.8 Å². The molecule has 1 N–H and O–H groups in total. The first-order chi connectivity index (χ1) is 14.6. The molecule has 3 aromatic rings. The Hall–Kier alpha value is -4.12. The Kier molecular flexibility index (Phi) is 5.44. The first kappa shape index (κ1) is 19.2. The number of furan rings is 1. The second kappa shape index (κ2) is 8.49. The molecule has 8 nitrogen and oxygen atoms in total. The lowest BCUT2D eigenvalue weighted by Crippen LogP contribution is -2.49. The zero-order valence-corrected chi connectivity index (χ0v) is 16.1. The van der Waals surface area contributed by atoms with Gasteiger partial charge in [-0.2, -0.15) is 5.26 Å². The van der Waals surface area contributed by atoms with Crippen molar-refractivity contribution in [2.24, 2.45) is 0 Å². The Morgan fingerprint density at radius 2 is 1.90 bits per heavy atom. The fraction of sp³-hybridized carbons (Fsp3) is 0.182. The molecular formula is C22H19N5O3. The summed E-state index contributed by atoms with van der Waals surface area (Å²) in [6.45, 7) is 2.42. The van der Waals surface area contributed by atoms with Crippen LogP contribution in [0.1, 0.15) is 26.5 Å². The number of benzene rings is 1. The zero-order chi connectivity index (χ0) is 20.9. The minimum absolute atomic E-state index is 0.0734. The first-order valence-electron chi connectivity index (χ1n) is 9.49. The van der Waals surface area contributed by atoms with Crippen molar-refractivity contribution in [3.63, 3.8) is 0 Å². The fourth-order valence-electron chi connectivity index (χ4n) is 3.29. The van der Waals surface area contributed by atoms with E-state index in [1.165, 1.54) is 6.26 Å². The lowest BCUT2D eigenvalue weighted by atomic mass is 10.1. The third kappa shape index (κ3) is 4.15. The summed E-state index contributed by atoms with van der Waals surface area (Å²) in [5.74, 6) is 0.614. The van der Waals surface area contributed by atoms with Gasteiger partial charge in [0.1, 0.15) is 5.82 Å². The van der Waals surface area contributed by atoms with Crippen LogP contribution in [0.25, 0.3) is 0 Å². The lowest BCUT2D eigenvalue weighted by Gasteiger charge is -2.35. The summed E-state index contributed by atoms with van der Waals surface area (Å²) in [5, 5.41) is 11.7. The summed E-state index contributed by atoms with van der Waals surface area (Å²) in [5.41, 5.74) is 1.58. The summed E-state index contributed by atoms with van der Waals surface area (Å²) in [7, 11) is 0. The van der Waals surface area contributed by atoms with E-state index in [0.29, 0.717) is 43.0 Å². The molecule has 0 atom stereocenters. The standard InChI is InChI=1S/C22H19N5O3/c23-14-16-3-1-4-17(13-16)22(29)27-10-8-26(9-11-27)20-7-6-18(15-24-20)25-21(28)19-5-2-12-30-19/h1-7,12-13,15H,8-11H2,(H,25,28). The molecule has 4 rings (SSSR count). The monoisotopic (exact) mass is 401 g/mol. The van der Waals surface area contributed by atoms with Crippen molar-refractivity contribution in [2.45, 2.75) is 0 Å². The molecule has 0 spiro atoms. The Morgan fingerprint density at radius 1 is 1.07 bits per heavy atom. The Balaban J connectivity index is 1.34.